The van der Waals surface area contributed by atoms with Gasteiger partial charge < -0.3 is 5.73 Å². The van der Waals surface area contributed by atoms with Crippen molar-refractivity contribution < 1.29 is 13.2 Å². The summed E-state index contributed by atoms with van der Waals surface area (Å²) in [5.41, 5.74) is 11.3. The van der Waals surface area contributed by atoms with Gasteiger partial charge in [-0.05, 0) is 37.3 Å². The summed E-state index contributed by atoms with van der Waals surface area (Å²) in [5, 5.41) is 8.83. The summed E-state index contributed by atoms with van der Waals surface area (Å²) in [7, 11) is 1.92. The van der Waals surface area contributed by atoms with Crippen molar-refractivity contribution in [1.82, 2.24) is 29.5 Å². The molecule has 0 amide bonds. The van der Waals surface area contributed by atoms with Crippen LogP contribution in [0, 0.1) is 0 Å². The fourth-order valence-corrected chi connectivity index (χ4v) is 4.16. The molecule has 35 heavy (non-hydrogen) atoms. The number of hydrogen-bond acceptors (Lipinski definition) is 5. The molecule has 4 aromatic rings. The summed E-state index contributed by atoms with van der Waals surface area (Å²) in [6.07, 6.45) is 12.0. The lowest BCUT2D eigenvalue weighted by molar-refractivity contribution is -0.110. The van der Waals surface area contributed by atoms with E-state index in [0.29, 0.717) is 11.9 Å². The molecule has 3 heterocycles. The molecule has 2 atom stereocenters. The summed E-state index contributed by atoms with van der Waals surface area (Å²) in [4.78, 5) is 9.22. The molecule has 0 spiro atoms. The zero-order valence-corrected chi connectivity index (χ0v) is 19.7. The predicted octanol–water partition coefficient (Wildman–Crippen LogP) is 5.42. The molecule has 10 heteroatoms. The largest absolute Gasteiger partial charge is 0.386 e. The van der Waals surface area contributed by atoms with Gasteiger partial charge in [-0.25, -0.2) is 9.97 Å². The van der Waals surface area contributed by atoms with Crippen molar-refractivity contribution in [3.63, 3.8) is 0 Å². The lowest BCUT2D eigenvalue weighted by Gasteiger charge is -2.26. The standard InChI is InChI=1S/C23H25N7.C2H3F3/c1-29-14-19(12-27-29)16-4-2-5-17(8-16)23-25-10-18(11-26-23)20-13-28-30(15-20)22-7-3-6-21(24)9-22;1-2(3,4)5/h2,4-5,8,10-15,21-22H,3,6-7,9,24H2,1H3;1H3. The van der Waals surface area contributed by atoms with E-state index in [-0.39, 0.29) is 13.0 Å². The Bertz CT molecular complexity index is 1240. The average Bonchev–Trinajstić information content (AvgIpc) is 3.48. The van der Waals surface area contributed by atoms with Gasteiger partial charge in [-0.2, -0.15) is 23.4 Å². The highest BCUT2D eigenvalue weighted by atomic mass is 19.4. The monoisotopic (exact) mass is 483 g/mol. The molecule has 1 saturated carbocycles. The van der Waals surface area contributed by atoms with E-state index in [1.807, 2.05) is 50.2 Å². The maximum absolute atomic E-state index is 10.4. The Labute approximate surface area is 201 Å². The van der Waals surface area contributed by atoms with E-state index in [1.165, 1.54) is 0 Å². The van der Waals surface area contributed by atoms with Crippen molar-refractivity contribution in [1.29, 1.82) is 0 Å². The van der Waals surface area contributed by atoms with Gasteiger partial charge in [-0.3, -0.25) is 9.36 Å². The van der Waals surface area contributed by atoms with Crippen molar-refractivity contribution in [3.05, 3.63) is 61.4 Å². The van der Waals surface area contributed by atoms with Crippen LogP contribution in [0.4, 0.5) is 13.2 Å². The molecule has 184 valence electrons. The fraction of sp³-hybridized carbons (Fsp3) is 0.360. The molecular formula is C25H28F3N7. The van der Waals surface area contributed by atoms with Gasteiger partial charge in [-0.1, -0.05) is 18.2 Å². The minimum Gasteiger partial charge on any atom is -0.328 e. The average molecular weight is 484 g/mol. The summed E-state index contributed by atoms with van der Waals surface area (Å²) in [5.74, 6) is 0.704. The number of aryl methyl sites for hydroxylation is 1. The van der Waals surface area contributed by atoms with Crippen LogP contribution in [0.15, 0.2) is 61.4 Å². The topological polar surface area (TPSA) is 87.4 Å². The van der Waals surface area contributed by atoms with Gasteiger partial charge in [0.05, 0.1) is 18.4 Å². The van der Waals surface area contributed by atoms with E-state index in [9.17, 15) is 13.2 Å². The van der Waals surface area contributed by atoms with Crippen LogP contribution in [0.5, 0.6) is 0 Å². The zero-order chi connectivity index (χ0) is 25.0. The molecule has 0 saturated heterocycles. The molecule has 3 aromatic heterocycles. The summed E-state index contributed by atoms with van der Waals surface area (Å²) < 4.78 is 34.9. The van der Waals surface area contributed by atoms with Crippen molar-refractivity contribution >= 4 is 0 Å². The SMILES string of the molecule is CC(F)(F)F.Cn1cc(-c2cccc(-c3ncc(-c4cnn(C5CCCC(N)C5)c4)cn3)c2)cn1. The van der Waals surface area contributed by atoms with E-state index < -0.39 is 6.18 Å². The van der Waals surface area contributed by atoms with Gasteiger partial charge >= 0.3 is 6.18 Å². The predicted molar refractivity (Wildman–Crippen MR) is 128 cm³/mol. The Morgan fingerprint density at radius 1 is 0.886 bits per heavy atom. The van der Waals surface area contributed by atoms with Crippen LogP contribution < -0.4 is 5.73 Å². The molecule has 0 radical (unpaired) electrons. The van der Waals surface area contributed by atoms with E-state index in [1.54, 1.807) is 4.68 Å². The van der Waals surface area contributed by atoms with Crippen LogP contribution in [0.3, 0.4) is 0 Å². The van der Waals surface area contributed by atoms with E-state index in [2.05, 4.69) is 43.2 Å². The second-order valence-corrected chi connectivity index (χ2v) is 8.85. The van der Waals surface area contributed by atoms with E-state index >= 15 is 0 Å². The van der Waals surface area contributed by atoms with Crippen LogP contribution in [-0.2, 0) is 7.05 Å². The van der Waals surface area contributed by atoms with Crippen LogP contribution in [0.25, 0.3) is 33.6 Å². The molecule has 1 aliphatic rings. The summed E-state index contributed by atoms with van der Waals surface area (Å²) >= 11 is 0. The van der Waals surface area contributed by atoms with Crippen LogP contribution >= 0.6 is 0 Å². The van der Waals surface area contributed by atoms with Crippen molar-refractivity contribution in [3.8, 4) is 33.6 Å². The highest BCUT2D eigenvalue weighted by molar-refractivity contribution is 5.70. The van der Waals surface area contributed by atoms with Gasteiger partial charge in [0.25, 0.3) is 0 Å². The fourth-order valence-electron chi connectivity index (χ4n) is 4.16. The third-order valence-corrected chi connectivity index (χ3v) is 5.81. The molecule has 1 aliphatic carbocycles. The van der Waals surface area contributed by atoms with E-state index in [4.69, 9.17) is 5.73 Å². The van der Waals surface area contributed by atoms with Gasteiger partial charge in [0.1, 0.15) is 0 Å². The molecule has 2 N–H and O–H groups in total. The molecule has 1 aromatic carbocycles. The van der Waals surface area contributed by atoms with Crippen LogP contribution in [0.2, 0.25) is 0 Å². The number of hydrogen-bond donors (Lipinski definition) is 1. The normalized spacial score (nSPS) is 18.1. The van der Waals surface area contributed by atoms with Gasteiger partial charge in [0.2, 0.25) is 0 Å². The molecule has 0 aliphatic heterocycles. The Morgan fingerprint density at radius 2 is 1.54 bits per heavy atom. The number of alkyl halides is 3. The molecule has 5 rings (SSSR count). The molecule has 7 nitrogen and oxygen atoms in total. The first kappa shape index (κ1) is 24.6. The third kappa shape index (κ3) is 6.75. The van der Waals surface area contributed by atoms with Gasteiger partial charge in [-0.15, -0.1) is 0 Å². The van der Waals surface area contributed by atoms with Crippen molar-refractivity contribution in [2.75, 3.05) is 0 Å². The lowest BCUT2D eigenvalue weighted by atomic mass is 9.92. The molecule has 2 unspecified atom stereocenters. The summed E-state index contributed by atoms with van der Waals surface area (Å²) in [6.45, 7) is 0.188. The Morgan fingerprint density at radius 3 is 2.20 bits per heavy atom. The van der Waals surface area contributed by atoms with E-state index in [0.717, 1.165) is 53.5 Å². The highest BCUT2D eigenvalue weighted by Crippen LogP contribution is 2.29. The number of halogens is 3. The minimum atomic E-state index is -4.00. The smallest absolute Gasteiger partial charge is 0.328 e. The highest BCUT2D eigenvalue weighted by Gasteiger charge is 2.21. The summed E-state index contributed by atoms with van der Waals surface area (Å²) in [6, 6.07) is 8.88. The lowest BCUT2D eigenvalue weighted by Crippen LogP contribution is -2.29. The van der Waals surface area contributed by atoms with Crippen molar-refractivity contribution in [2.45, 2.75) is 50.9 Å². The Kier molecular flexibility index (Phi) is 7.30. The second-order valence-electron chi connectivity index (χ2n) is 8.85. The number of aromatic nitrogens is 6. The van der Waals surface area contributed by atoms with Gasteiger partial charge in [0.15, 0.2) is 5.82 Å². The molecule has 0 bridgehead atoms. The molecule has 1 fully saturated rings. The van der Waals surface area contributed by atoms with Gasteiger partial charge in [0, 0.05) is 67.1 Å². The maximum atomic E-state index is 10.4. The number of benzene rings is 1. The first-order valence-electron chi connectivity index (χ1n) is 11.4. The van der Waals surface area contributed by atoms with Crippen LogP contribution in [0.1, 0.15) is 38.6 Å². The molecular weight excluding hydrogens is 455 g/mol. The quantitative estimate of drug-likeness (QED) is 0.419. The second kappa shape index (κ2) is 10.4. The Balaban J connectivity index is 0.000000527. The first-order valence-corrected chi connectivity index (χ1v) is 11.4. The van der Waals surface area contributed by atoms with Crippen molar-refractivity contribution in [2.24, 2.45) is 12.8 Å². The van der Waals surface area contributed by atoms with Crippen LogP contribution in [-0.4, -0.2) is 41.7 Å². The maximum Gasteiger partial charge on any atom is 0.386 e. The minimum absolute atomic E-state index is 0.188. The Hall–Kier alpha value is -3.53. The number of nitrogens with zero attached hydrogens (tertiary/aromatic N) is 6. The third-order valence-electron chi connectivity index (χ3n) is 5.81. The zero-order valence-electron chi connectivity index (χ0n) is 19.7. The number of rotatable bonds is 4. The number of nitrogens with two attached hydrogens (primary N) is 1. The first-order chi connectivity index (χ1) is 16.7.